The molecule has 0 spiro atoms. The summed E-state index contributed by atoms with van der Waals surface area (Å²) in [4.78, 5) is 28.2. The molecule has 1 aromatic heterocycles. The van der Waals surface area contributed by atoms with Crippen LogP contribution in [0, 0.1) is 0 Å². The Morgan fingerprint density at radius 2 is 1.96 bits per heavy atom. The fraction of sp³-hybridized carbons (Fsp3) is 0.182. The topological polar surface area (TPSA) is 80.4 Å². The Morgan fingerprint density at radius 3 is 2.82 bits per heavy atom. The first-order chi connectivity index (χ1) is 13.7. The number of benzene rings is 2. The third-order valence-corrected chi connectivity index (χ3v) is 4.81. The molecule has 0 aliphatic carbocycles. The van der Waals surface area contributed by atoms with Gasteiger partial charge in [-0.3, -0.25) is 4.79 Å². The molecule has 1 aliphatic heterocycles. The summed E-state index contributed by atoms with van der Waals surface area (Å²) in [6.07, 6.45) is 3.97. The van der Waals surface area contributed by atoms with E-state index in [4.69, 9.17) is 9.47 Å². The molecule has 0 radical (unpaired) electrons. The quantitative estimate of drug-likeness (QED) is 0.671. The minimum absolute atomic E-state index is 0.157. The lowest BCUT2D eigenvalue weighted by Gasteiger charge is -2.20. The number of hydrogen-bond donors (Lipinski definition) is 2. The molecule has 6 heteroatoms. The lowest BCUT2D eigenvalue weighted by molar-refractivity contribution is -0.144. The molecule has 1 aliphatic rings. The van der Waals surface area contributed by atoms with Crippen LogP contribution in [0.1, 0.15) is 11.1 Å². The number of H-pyrrole nitrogens is 1. The van der Waals surface area contributed by atoms with E-state index < -0.39 is 12.0 Å². The van der Waals surface area contributed by atoms with Gasteiger partial charge in [-0.05, 0) is 23.8 Å². The molecule has 2 heterocycles. The predicted molar refractivity (Wildman–Crippen MR) is 106 cm³/mol. The van der Waals surface area contributed by atoms with Gasteiger partial charge in [-0.15, -0.1) is 0 Å². The van der Waals surface area contributed by atoms with Gasteiger partial charge in [0.05, 0.1) is 12.7 Å². The number of methoxy groups -OCH3 is 1. The smallest absolute Gasteiger partial charge is 0.328 e. The van der Waals surface area contributed by atoms with Crippen molar-refractivity contribution < 1.29 is 19.1 Å². The normalized spacial score (nSPS) is 13.8. The van der Waals surface area contributed by atoms with Crippen LogP contribution >= 0.6 is 0 Å². The van der Waals surface area contributed by atoms with E-state index in [0.29, 0.717) is 12.0 Å². The molecule has 1 amide bonds. The second kappa shape index (κ2) is 7.60. The molecular weight excluding hydrogens is 356 g/mol. The number of fused-ring (bicyclic) bond motifs is 2. The van der Waals surface area contributed by atoms with Crippen LogP contribution in [-0.4, -0.2) is 36.6 Å². The zero-order chi connectivity index (χ0) is 19.5. The third kappa shape index (κ3) is 3.49. The summed E-state index contributed by atoms with van der Waals surface area (Å²) in [7, 11) is 1.32. The van der Waals surface area contributed by atoms with Crippen LogP contribution in [-0.2, 0) is 20.7 Å². The first-order valence-electron chi connectivity index (χ1n) is 9.02. The van der Waals surface area contributed by atoms with E-state index in [-0.39, 0.29) is 12.5 Å². The van der Waals surface area contributed by atoms with Crippen molar-refractivity contribution in [2.75, 3.05) is 13.7 Å². The number of rotatable bonds is 5. The largest absolute Gasteiger partial charge is 0.488 e. The highest BCUT2D eigenvalue weighted by molar-refractivity contribution is 6.01. The molecule has 0 saturated carbocycles. The van der Waals surface area contributed by atoms with Crippen molar-refractivity contribution >= 4 is 28.9 Å². The van der Waals surface area contributed by atoms with Crippen molar-refractivity contribution in [2.24, 2.45) is 0 Å². The monoisotopic (exact) mass is 376 g/mol. The van der Waals surface area contributed by atoms with Crippen LogP contribution in [0.15, 0.2) is 60.3 Å². The first kappa shape index (κ1) is 17.9. The summed E-state index contributed by atoms with van der Waals surface area (Å²) >= 11 is 0. The van der Waals surface area contributed by atoms with Crippen molar-refractivity contribution in [3.05, 3.63) is 71.4 Å². The number of para-hydroxylation sites is 2. The zero-order valence-corrected chi connectivity index (χ0v) is 15.4. The second-order valence-electron chi connectivity index (χ2n) is 6.61. The molecule has 1 unspecified atom stereocenters. The van der Waals surface area contributed by atoms with Crippen LogP contribution in [0.3, 0.4) is 0 Å². The van der Waals surface area contributed by atoms with Gasteiger partial charge in [-0.25, -0.2) is 4.79 Å². The van der Waals surface area contributed by atoms with E-state index in [1.165, 1.54) is 7.11 Å². The van der Waals surface area contributed by atoms with Gasteiger partial charge in [-0.2, -0.15) is 0 Å². The van der Waals surface area contributed by atoms with Gasteiger partial charge in [0, 0.05) is 29.1 Å². The van der Waals surface area contributed by atoms with E-state index in [1.807, 2.05) is 54.7 Å². The molecule has 142 valence electrons. The zero-order valence-electron chi connectivity index (χ0n) is 15.4. The molecule has 0 fully saturated rings. The molecule has 1 atom stereocenters. The average Bonchev–Trinajstić information content (AvgIpc) is 3.15. The van der Waals surface area contributed by atoms with Crippen LogP contribution in [0.5, 0.6) is 5.75 Å². The van der Waals surface area contributed by atoms with Gasteiger partial charge >= 0.3 is 5.97 Å². The Morgan fingerprint density at radius 1 is 1.18 bits per heavy atom. The first-order valence-corrected chi connectivity index (χ1v) is 9.02. The summed E-state index contributed by atoms with van der Waals surface area (Å²) in [6.45, 7) is 0.157. The summed E-state index contributed by atoms with van der Waals surface area (Å²) < 4.78 is 10.5. The average molecular weight is 376 g/mol. The van der Waals surface area contributed by atoms with Crippen molar-refractivity contribution in [1.29, 1.82) is 0 Å². The van der Waals surface area contributed by atoms with Crippen LogP contribution in [0.4, 0.5) is 0 Å². The van der Waals surface area contributed by atoms with E-state index in [2.05, 4.69) is 10.3 Å². The maximum absolute atomic E-state index is 12.8. The number of carbonyl (C=O) groups is 2. The molecular formula is C22H20N2O4. The Hall–Kier alpha value is -3.54. The van der Waals surface area contributed by atoms with Crippen molar-refractivity contribution in [3.63, 3.8) is 0 Å². The van der Waals surface area contributed by atoms with E-state index in [1.54, 1.807) is 6.08 Å². The maximum Gasteiger partial charge on any atom is 0.328 e. The SMILES string of the molecule is COC(=O)C(Cc1c[nH]c2ccccc12)NC(=O)C1=Cc2ccccc2OC1. The second-order valence-corrected chi connectivity index (χ2v) is 6.61. The highest BCUT2D eigenvalue weighted by Crippen LogP contribution is 2.26. The van der Waals surface area contributed by atoms with Crippen molar-refractivity contribution in [2.45, 2.75) is 12.5 Å². The summed E-state index contributed by atoms with van der Waals surface area (Å²) in [6, 6.07) is 14.5. The highest BCUT2D eigenvalue weighted by atomic mass is 16.5. The van der Waals surface area contributed by atoms with Crippen molar-refractivity contribution in [1.82, 2.24) is 10.3 Å². The fourth-order valence-electron chi connectivity index (χ4n) is 3.35. The summed E-state index contributed by atoms with van der Waals surface area (Å²) in [5.41, 5.74) is 3.22. The Bertz CT molecular complexity index is 1070. The lowest BCUT2D eigenvalue weighted by Crippen LogP contribution is -2.44. The minimum atomic E-state index is -0.797. The number of hydrogen-bond acceptors (Lipinski definition) is 4. The highest BCUT2D eigenvalue weighted by Gasteiger charge is 2.26. The van der Waals surface area contributed by atoms with Gasteiger partial charge in [0.2, 0.25) is 0 Å². The molecule has 28 heavy (non-hydrogen) atoms. The lowest BCUT2D eigenvalue weighted by atomic mass is 10.0. The van der Waals surface area contributed by atoms with Gasteiger partial charge in [0.15, 0.2) is 0 Å². The number of amides is 1. The summed E-state index contributed by atoms with van der Waals surface area (Å²) in [5, 5.41) is 3.81. The van der Waals surface area contributed by atoms with E-state index in [9.17, 15) is 9.59 Å². The Balaban J connectivity index is 1.55. The number of nitrogens with one attached hydrogen (secondary N) is 2. The van der Waals surface area contributed by atoms with Crippen LogP contribution in [0.2, 0.25) is 0 Å². The minimum Gasteiger partial charge on any atom is -0.488 e. The predicted octanol–water partition coefficient (Wildman–Crippen LogP) is 2.84. The number of ether oxygens (including phenoxy) is 2. The van der Waals surface area contributed by atoms with Gasteiger partial charge in [0.1, 0.15) is 18.4 Å². The molecule has 4 rings (SSSR count). The van der Waals surface area contributed by atoms with E-state index >= 15 is 0 Å². The third-order valence-electron chi connectivity index (χ3n) is 4.81. The molecule has 2 aromatic carbocycles. The number of carbonyl (C=O) groups excluding carboxylic acids is 2. The molecule has 3 aromatic rings. The standard InChI is InChI=1S/C22H20N2O4/c1-27-22(26)19(11-15-12-23-18-8-4-3-7-17(15)18)24-21(25)16-10-14-6-2-5-9-20(14)28-13-16/h2-10,12,19,23H,11,13H2,1H3,(H,24,25). The molecule has 0 saturated heterocycles. The Labute approximate surface area is 162 Å². The number of aromatic amines is 1. The number of esters is 1. The van der Waals surface area contributed by atoms with Gasteiger partial charge in [0.25, 0.3) is 5.91 Å². The number of aromatic nitrogens is 1. The summed E-state index contributed by atoms with van der Waals surface area (Å²) in [5.74, 6) is -0.0940. The fourth-order valence-corrected chi connectivity index (χ4v) is 3.35. The molecule has 0 bridgehead atoms. The van der Waals surface area contributed by atoms with Crippen molar-refractivity contribution in [3.8, 4) is 5.75 Å². The molecule has 2 N–H and O–H groups in total. The maximum atomic E-state index is 12.8. The molecule has 6 nitrogen and oxygen atoms in total. The van der Waals surface area contributed by atoms with Crippen LogP contribution < -0.4 is 10.1 Å². The van der Waals surface area contributed by atoms with Crippen LogP contribution in [0.25, 0.3) is 17.0 Å². The Kier molecular flexibility index (Phi) is 4.85. The van der Waals surface area contributed by atoms with Gasteiger partial charge in [-0.1, -0.05) is 36.4 Å². The van der Waals surface area contributed by atoms with Gasteiger partial charge < -0.3 is 19.8 Å². The van der Waals surface area contributed by atoms with E-state index in [0.717, 1.165) is 27.8 Å².